The summed E-state index contributed by atoms with van der Waals surface area (Å²) in [6.07, 6.45) is 4.09. The van der Waals surface area contributed by atoms with Crippen molar-refractivity contribution in [3.8, 4) is 5.75 Å². The molecule has 6 nitrogen and oxygen atoms in total. The first kappa shape index (κ1) is 20.3. The minimum Gasteiger partial charge on any atom is -0.497 e. The number of rotatable bonds is 6. The number of hydrogen-bond acceptors (Lipinski definition) is 5. The Bertz CT molecular complexity index is 1470. The van der Waals surface area contributed by atoms with Crippen LogP contribution in [0.25, 0.3) is 16.6 Å². The number of ether oxygens (including phenoxy) is 1. The summed E-state index contributed by atoms with van der Waals surface area (Å²) in [6, 6.07) is 19.3. The van der Waals surface area contributed by atoms with Crippen molar-refractivity contribution in [3.05, 3.63) is 100 Å². The van der Waals surface area contributed by atoms with Crippen molar-refractivity contribution in [3.63, 3.8) is 0 Å². The van der Waals surface area contributed by atoms with Gasteiger partial charge in [-0.3, -0.25) is 9.36 Å². The second-order valence-electron chi connectivity index (χ2n) is 7.64. The molecule has 160 valence electrons. The molecule has 0 fully saturated rings. The molecule has 32 heavy (non-hydrogen) atoms. The number of pyridine rings is 1. The molecular weight excluding hydrogens is 420 g/mol. The lowest BCUT2D eigenvalue weighted by Crippen LogP contribution is -2.24. The summed E-state index contributed by atoms with van der Waals surface area (Å²) >= 11 is 1.53. The number of thioether (sulfide) groups is 1. The van der Waals surface area contributed by atoms with Gasteiger partial charge in [0.2, 0.25) is 0 Å². The zero-order valence-corrected chi connectivity index (χ0v) is 18.7. The van der Waals surface area contributed by atoms with Gasteiger partial charge in [0, 0.05) is 18.1 Å². The standard InChI is InChI=1S/C25H22N4O2S/c1-17-7-12-23-26-19(15-28(23)13-17)16-32-25-27-22-6-4-3-5-21(22)24(30)29(25)14-18-8-10-20(31-2)11-9-18/h3-13,15H,14,16H2,1-2H3. The van der Waals surface area contributed by atoms with E-state index >= 15 is 0 Å². The molecule has 0 saturated heterocycles. The topological polar surface area (TPSA) is 61.4 Å². The highest BCUT2D eigenvalue weighted by Crippen LogP contribution is 2.23. The van der Waals surface area contributed by atoms with Gasteiger partial charge >= 0.3 is 0 Å². The number of benzene rings is 2. The fourth-order valence-electron chi connectivity index (χ4n) is 3.67. The molecule has 0 amide bonds. The molecule has 0 aliphatic carbocycles. The lowest BCUT2D eigenvalue weighted by Gasteiger charge is -2.13. The van der Waals surface area contributed by atoms with Crippen LogP contribution in [0, 0.1) is 6.92 Å². The Hall–Kier alpha value is -3.58. The number of methoxy groups -OCH3 is 1. The van der Waals surface area contributed by atoms with Gasteiger partial charge < -0.3 is 9.14 Å². The maximum Gasteiger partial charge on any atom is 0.262 e. The summed E-state index contributed by atoms with van der Waals surface area (Å²) in [5.74, 6) is 1.41. The molecule has 3 heterocycles. The van der Waals surface area contributed by atoms with Crippen LogP contribution >= 0.6 is 11.8 Å². The fraction of sp³-hybridized carbons (Fsp3) is 0.160. The van der Waals surface area contributed by atoms with Crippen LogP contribution in [0.1, 0.15) is 16.8 Å². The molecule has 2 aromatic carbocycles. The van der Waals surface area contributed by atoms with E-state index in [0.29, 0.717) is 28.4 Å². The van der Waals surface area contributed by atoms with Gasteiger partial charge in [0.25, 0.3) is 5.56 Å². The van der Waals surface area contributed by atoms with Crippen molar-refractivity contribution in [1.82, 2.24) is 18.9 Å². The van der Waals surface area contributed by atoms with E-state index in [9.17, 15) is 4.79 Å². The van der Waals surface area contributed by atoms with Gasteiger partial charge in [-0.05, 0) is 48.4 Å². The van der Waals surface area contributed by atoms with Gasteiger partial charge in [0.05, 0.1) is 30.3 Å². The van der Waals surface area contributed by atoms with E-state index in [1.54, 1.807) is 11.7 Å². The Morgan fingerprint density at radius 2 is 1.78 bits per heavy atom. The highest BCUT2D eigenvalue weighted by atomic mass is 32.2. The summed E-state index contributed by atoms with van der Waals surface area (Å²) in [6.45, 7) is 2.50. The van der Waals surface area contributed by atoms with Gasteiger partial charge in [0.15, 0.2) is 5.16 Å². The van der Waals surface area contributed by atoms with Crippen LogP contribution in [0.3, 0.4) is 0 Å². The lowest BCUT2D eigenvalue weighted by molar-refractivity contribution is 0.414. The van der Waals surface area contributed by atoms with E-state index in [1.165, 1.54) is 17.3 Å². The molecule has 0 spiro atoms. The van der Waals surface area contributed by atoms with Gasteiger partial charge in [-0.1, -0.05) is 42.1 Å². The smallest absolute Gasteiger partial charge is 0.262 e. The molecule has 0 radical (unpaired) electrons. The van der Waals surface area contributed by atoms with Crippen molar-refractivity contribution < 1.29 is 4.74 Å². The van der Waals surface area contributed by atoms with Crippen LogP contribution in [-0.2, 0) is 12.3 Å². The molecule has 0 bridgehead atoms. The zero-order chi connectivity index (χ0) is 22.1. The van der Waals surface area contributed by atoms with Crippen molar-refractivity contribution in [1.29, 1.82) is 0 Å². The Morgan fingerprint density at radius 1 is 0.969 bits per heavy atom. The fourth-order valence-corrected chi connectivity index (χ4v) is 4.56. The number of imidazole rings is 1. The molecule has 5 aromatic rings. The first-order chi connectivity index (χ1) is 15.6. The third-order valence-corrected chi connectivity index (χ3v) is 6.33. The SMILES string of the molecule is COc1ccc(Cn2c(SCc3cn4cc(C)ccc4n3)nc3ccccc3c2=O)cc1. The third-order valence-electron chi connectivity index (χ3n) is 5.32. The minimum absolute atomic E-state index is 0.0421. The molecule has 0 aliphatic heterocycles. The minimum atomic E-state index is -0.0421. The normalized spacial score (nSPS) is 11.3. The Morgan fingerprint density at radius 3 is 2.59 bits per heavy atom. The first-order valence-corrected chi connectivity index (χ1v) is 11.3. The Kier molecular flexibility index (Phi) is 5.41. The monoisotopic (exact) mass is 442 g/mol. The molecule has 0 N–H and O–H groups in total. The highest BCUT2D eigenvalue weighted by molar-refractivity contribution is 7.98. The number of nitrogens with zero attached hydrogens (tertiary/aromatic N) is 4. The quantitative estimate of drug-likeness (QED) is 0.282. The molecule has 5 rings (SSSR count). The largest absolute Gasteiger partial charge is 0.497 e. The van der Waals surface area contributed by atoms with Crippen LogP contribution in [0.15, 0.2) is 83.0 Å². The van der Waals surface area contributed by atoms with Gasteiger partial charge in [-0.2, -0.15) is 0 Å². The molecule has 0 aliphatic rings. The average Bonchev–Trinajstić information content (AvgIpc) is 3.22. The van der Waals surface area contributed by atoms with Crippen LogP contribution in [0.2, 0.25) is 0 Å². The predicted molar refractivity (Wildman–Crippen MR) is 128 cm³/mol. The Labute approximate surface area is 189 Å². The van der Waals surface area contributed by atoms with Crippen molar-refractivity contribution in [2.75, 3.05) is 7.11 Å². The van der Waals surface area contributed by atoms with Crippen molar-refractivity contribution >= 4 is 28.3 Å². The summed E-state index contributed by atoms with van der Waals surface area (Å²) in [5.41, 5.74) is 4.71. The average molecular weight is 443 g/mol. The van der Waals surface area contributed by atoms with Crippen LogP contribution < -0.4 is 10.3 Å². The second kappa shape index (κ2) is 8.51. The van der Waals surface area contributed by atoms with Crippen LogP contribution in [0.4, 0.5) is 0 Å². The molecule has 0 saturated carbocycles. The molecule has 0 unspecified atom stereocenters. The van der Waals surface area contributed by atoms with E-state index in [2.05, 4.69) is 19.2 Å². The van der Waals surface area contributed by atoms with Crippen LogP contribution in [0.5, 0.6) is 5.75 Å². The van der Waals surface area contributed by atoms with E-state index in [-0.39, 0.29) is 5.56 Å². The lowest BCUT2D eigenvalue weighted by atomic mass is 10.2. The highest BCUT2D eigenvalue weighted by Gasteiger charge is 2.13. The maximum atomic E-state index is 13.3. The Balaban J connectivity index is 1.50. The first-order valence-electron chi connectivity index (χ1n) is 10.3. The summed E-state index contributed by atoms with van der Waals surface area (Å²) in [5, 5.41) is 1.30. The number of para-hydroxylation sites is 1. The number of hydrogen-bond donors (Lipinski definition) is 0. The van der Waals surface area contributed by atoms with Gasteiger partial charge in [-0.15, -0.1) is 0 Å². The second-order valence-corrected chi connectivity index (χ2v) is 8.59. The summed E-state index contributed by atoms with van der Waals surface area (Å²) < 4.78 is 9.03. The number of aromatic nitrogens is 4. The molecule has 7 heteroatoms. The van der Waals surface area contributed by atoms with Gasteiger partial charge in [-0.25, -0.2) is 9.97 Å². The van der Waals surface area contributed by atoms with Gasteiger partial charge in [0.1, 0.15) is 11.4 Å². The van der Waals surface area contributed by atoms with E-state index in [1.807, 2.05) is 65.2 Å². The zero-order valence-electron chi connectivity index (χ0n) is 17.9. The predicted octanol–water partition coefficient (Wildman–Crippen LogP) is 4.70. The maximum absolute atomic E-state index is 13.3. The third kappa shape index (κ3) is 3.99. The summed E-state index contributed by atoms with van der Waals surface area (Å²) in [7, 11) is 1.64. The number of fused-ring (bicyclic) bond motifs is 2. The van der Waals surface area contributed by atoms with E-state index in [0.717, 1.165) is 22.7 Å². The van der Waals surface area contributed by atoms with Crippen molar-refractivity contribution in [2.24, 2.45) is 0 Å². The molecule has 3 aromatic heterocycles. The summed E-state index contributed by atoms with van der Waals surface area (Å²) in [4.78, 5) is 22.8. The number of aryl methyl sites for hydroxylation is 1. The molecule has 0 atom stereocenters. The molecular formula is C25H22N4O2S. The van der Waals surface area contributed by atoms with Crippen LogP contribution in [-0.4, -0.2) is 26.0 Å². The van der Waals surface area contributed by atoms with Crippen molar-refractivity contribution in [2.45, 2.75) is 24.4 Å². The van der Waals surface area contributed by atoms with E-state index in [4.69, 9.17) is 14.7 Å². The van der Waals surface area contributed by atoms with E-state index < -0.39 is 0 Å².